The van der Waals surface area contributed by atoms with Gasteiger partial charge >= 0.3 is 0 Å². The molecule has 1 aliphatic rings. The Balaban J connectivity index is 1.93. The van der Waals surface area contributed by atoms with E-state index in [0.717, 1.165) is 5.56 Å². The Labute approximate surface area is 172 Å². The van der Waals surface area contributed by atoms with E-state index in [0.29, 0.717) is 21.8 Å². The van der Waals surface area contributed by atoms with E-state index in [-0.39, 0.29) is 11.3 Å². The number of aliphatic hydroxyl groups is 1. The number of aryl methyl sites for hydroxylation is 1. The molecule has 1 saturated heterocycles. The lowest BCUT2D eigenvalue weighted by atomic mass is 9.95. The Morgan fingerprint density at radius 1 is 0.966 bits per heavy atom. The van der Waals surface area contributed by atoms with Gasteiger partial charge in [0.15, 0.2) is 0 Å². The Bertz CT molecular complexity index is 1110. The number of nitrogens with zero attached hydrogens (tertiary/aromatic N) is 2. The fourth-order valence-corrected chi connectivity index (χ4v) is 3.55. The number of amides is 1. The lowest BCUT2D eigenvalue weighted by Crippen LogP contribution is -2.29. The third kappa shape index (κ3) is 3.41. The summed E-state index contributed by atoms with van der Waals surface area (Å²) in [6.07, 6.45) is 3.17. The Kier molecular flexibility index (Phi) is 4.91. The number of carbonyl (C=O) groups excluding carboxylic acids is 2. The maximum atomic E-state index is 13.0. The number of carbonyl (C=O) groups is 2. The van der Waals surface area contributed by atoms with Crippen LogP contribution in [-0.4, -0.2) is 21.8 Å². The van der Waals surface area contributed by atoms with Gasteiger partial charge in [0.2, 0.25) is 0 Å². The van der Waals surface area contributed by atoms with Crippen molar-refractivity contribution in [3.8, 4) is 0 Å². The van der Waals surface area contributed by atoms with Gasteiger partial charge in [-0.25, -0.2) is 0 Å². The first-order chi connectivity index (χ1) is 14.0. The van der Waals surface area contributed by atoms with Crippen LogP contribution in [0.15, 0.2) is 78.6 Å². The summed E-state index contributed by atoms with van der Waals surface area (Å²) in [7, 11) is 0. The predicted octanol–water partition coefficient (Wildman–Crippen LogP) is 4.67. The molecular formula is C23H17ClN2O3. The molecule has 5 nitrogen and oxygen atoms in total. The van der Waals surface area contributed by atoms with E-state index in [4.69, 9.17) is 11.6 Å². The third-order valence-electron chi connectivity index (χ3n) is 4.90. The summed E-state index contributed by atoms with van der Waals surface area (Å²) < 4.78 is 0. The number of hydrogen-bond donors (Lipinski definition) is 1. The van der Waals surface area contributed by atoms with Crippen LogP contribution in [0.5, 0.6) is 0 Å². The average Bonchev–Trinajstić information content (AvgIpc) is 3.00. The highest BCUT2D eigenvalue weighted by Gasteiger charge is 2.46. The number of aliphatic hydroxyl groups excluding tert-OH is 1. The SMILES string of the molecule is Cc1ccc(/C(O)=C2/C(=O)C(=O)N(c3ccc(Cl)cc3)C2c2ccncc2)cc1. The number of aromatic nitrogens is 1. The first-order valence-electron chi connectivity index (χ1n) is 9.01. The molecule has 29 heavy (non-hydrogen) atoms. The lowest BCUT2D eigenvalue weighted by Gasteiger charge is -2.25. The van der Waals surface area contributed by atoms with E-state index in [1.165, 1.54) is 4.90 Å². The molecule has 0 radical (unpaired) electrons. The number of ketones is 1. The number of rotatable bonds is 3. The van der Waals surface area contributed by atoms with E-state index in [2.05, 4.69) is 4.98 Å². The van der Waals surface area contributed by atoms with Crippen molar-refractivity contribution in [1.82, 2.24) is 4.98 Å². The number of Topliss-reactive ketones (excluding diaryl/α,β-unsaturated/α-hetero) is 1. The van der Waals surface area contributed by atoms with Crippen LogP contribution in [0.4, 0.5) is 5.69 Å². The zero-order chi connectivity index (χ0) is 20.5. The van der Waals surface area contributed by atoms with E-state index < -0.39 is 17.7 Å². The third-order valence-corrected chi connectivity index (χ3v) is 5.15. The molecule has 1 aliphatic heterocycles. The number of pyridine rings is 1. The highest BCUT2D eigenvalue weighted by atomic mass is 35.5. The zero-order valence-corrected chi connectivity index (χ0v) is 16.3. The maximum Gasteiger partial charge on any atom is 0.300 e. The number of hydrogen-bond acceptors (Lipinski definition) is 4. The molecule has 1 aromatic heterocycles. The summed E-state index contributed by atoms with van der Waals surface area (Å²) in [5.74, 6) is -1.65. The first kappa shape index (κ1) is 18.9. The second kappa shape index (κ2) is 7.53. The molecule has 1 amide bonds. The van der Waals surface area contributed by atoms with Gasteiger partial charge in [-0.1, -0.05) is 41.4 Å². The molecule has 2 aromatic carbocycles. The van der Waals surface area contributed by atoms with Crippen molar-refractivity contribution in [3.63, 3.8) is 0 Å². The molecule has 6 heteroatoms. The van der Waals surface area contributed by atoms with Gasteiger partial charge in [-0.05, 0) is 48.9 Å². The predicted molar refractivity (Wildman–Crippen MR) is 112 cm³/mol. The normalized spacial score (nSPS) is 18.3. The first-order valence-corrected chi connectivity index (χ1v) is 9.38. The van der Waals surface area contributed by atoms with Crippen LogP contribution in [-0.2, 0) is 9.59 Å². The van der Waals surface area contributed by atoms with Gasteiger partial charge in [-0.15, -0.1) is 0 Å². The summed E-state index contributed by atoms with van der Waals surface area (Å²) in [5.41, 5.74) is 2.72. The van der Waals surface area contributed by atoms with Crippen LogP contribution in [0.25, 0.3) is 5.76 Å². The number of halogens is 1. The van der Waals surface area contributed by atoms with Crippen molar-refractivity contribution in [3.05, 3.63) is 100 Å². The second-order valence-corrected chi connectivity index (χ2v) is 7.23. The monoisotopic (exact) mass is 404 g/mol. The minimum atomic E-state index is -0.777. The average molecular weight is 405 g/mol. The van der Waals surface area contributed by atoms with Crippen molar-refractivity contribution in [2.24, 2.45) is 0 Å². The van der Waals surface area contributed by atoms with Crippen LogP contribution in [0.3, 0.4) is 0 Å². The summed E-state index contributed by atoms with van der Waals surface area (Å²) >= 11 is 5.98. The van der Waals surface area contributed by atoms with Gasteiger partial charge in [0.25, 0.3) is 11.7 Å². The molecule has 1 atom stereocenters. The molecule has 0 spiro atoms. The van der Waals surface area contributed by atoms with Gasteiger partial charge in [0, 0.05) is 28.7 Å². The molecule has 1 fully saturated rings. The maximum absolute atomic E-state index is 13.0. The van der Waals surface area contributed by atoms with E-state index in [1.807, 2.05) is 19.1 Å². The quantitative estimate of drug-likeness (QED) is 0.391. The Hall–Kier alpha value is -3.44. The molecular weight excluding hydrogens is 388 g/mol. The van der Waals surface area contributed by atoms with Gasteiger partial charge in [0.05, 0.1) is 11.6 Å². The molecule has 3 aromatic rings. The fourth-order valence-electron chi connectivity index (χ4n) is 3.43. The molecule has 1 N–H and O–H groups in total. The number of anilines is 1. The van der Waals surface area contributed by atoms with Crippen molar-refractivity contribution in [2.75, 3.05) is 4.90 Å². The summed E-state index contributed by atoms with van der Waals surface area (Å²) in [5, 5.41) is 11.5. The van der Waals surface area contributed by atoms with Crippen LogP contribution in [0.2, 0.25) is 5.02 Å². The Morgan fingerprint density at radius 3 is 2.21 bits per heavy atom. The van der Waals surface area contributed by atoms with Crippen molar-refractivity contribution < 1.29 is 14.7 Å². The van der Waals surface area contributed by atoms with Crippen molar-refractivity contribution >= 4 is 34.7 Å². The van der Waals surface area contributed by atoms with Gasteiger partial charge < -0.3 is 5.11 Å². The van der Waals surface area contributed by atoms with Crippen LogP contribution in [0.1, 0.15) is 22.7 Å². The van der Waals surface area contributed by atoms with Gasteiger partial charge in [0.1, 0.15) is 5.76 Å². The van der Waals surface area contributed by atoms with E-state index in [1.54, 1.807) is 60.9 Å². The molecule has 0 bridgehead atoms. The van der Waals surface area contributed by atoms with Crippen LogP contribution < -0.4 is 4.90 Å². The van der Waals surface area contributed by atoms with E-state index >= 15 is 0 Å². The summed E-state index contributed by atoms with van der Waals surface area (Å²) in [4.78, 5) is 31.3. The van der Waals surface area contributed by atoms with Crippen LogP contribution >= 0.6 is 11.6 Å². The molecule has 4 rings (SSSR count). The van der Waals surface area contributed by atoms with Crippen molar-refractivity contribution in [2.45, 2.75) is 13.0 Å². The standard InChI is InChI=1S/C23H17ClN2O3/c1-14-2-4-16(5-3-14)21(27)19-20(15-10-12-25-13-11-15)26(23(29)22(19)28)18-8-6-17(24)7-9-18/h2-13,20,27H,1H3/b21-19-. The molecule has 0 aliphatic carbocycles. The fraction of sp³-hybridized carbons (Fsp3) is 0.0870. The Morgan fingerprint density at radius 2 is 1.59 bits per heavy atom. The minimum Gasteiger partial charge on any atom is -0.507 e. The number of benzene rings is 2. The zero-order valence-electron chi connectivity index (χ0n) is 15.5. The molecule has 0 saturated carbocycles. The topological polar surface area (TPSA) is 70.5 Å². The highest BCUT2D eigenvalue weighted by Crippen LogP contribution is 2.42. The molecule has 2 heterocycles. The molecule has 144 valence electrons. The van der Waals surface area contributed by atoms with Gasteiger partial charge in [-0.3, -0.25) is 19.5 Å². The smallest absolute Gasteiger partial charge is 0.300 e. The molecule has 1 unspecified atom stereocenters. The summed E-state index contributed by atoms with van der Waals surface area (Å²) in [6, 6.07) is 16.5. The minimum absolute atomic E-state index is 0.0417. The largest absolute Gasteiger partial charge is 0.507 e. The van der Waals surface area contributed by atoms with E-state index in [9.17, 15) is 14.7 Å². The lowest BCUT2D eigenvalue weighted by molar-refractivity contribution is -0.132. The highest BCUT2D eigenvalue weighted by molar-refractivity contribution is 6.51. The van der Waals surface area contributed by atoms with Crippen LogP contribution in [0, 0.1) is 6.92 Å². The summed E-state index contributed by atoms with van der Waals surface area (Å²) in [6.45, 7) is 1.93. The second-order valence-electron chi connectivity index (χ2n) is 6.79. The van der Waals surface area contributed by atoms with Gasteiger partial charge in [-0.2, -0.15) is 0 Å². The van der Waals surface area contributed by atoms with Crippen molar-refractivity contribution in [1.29, 1.82) is 0 Å².